The van der Waals surface area contributed by atoms with Gasteiger partial charge in [-0.2, -0.15) is 5.26 Å². The first kappa shape index (κ1) is 17.9. The number of para-hydroxylation sites is 1. The second-order valence-corrected chi connectivity index (χ2v) is 8.17. The molecule has 1 heterocycles. The summed E-state index contributed by atoms with van der Waals surface area (Å²) < 4.78 is 2.09. The van der Waals surface area contributed by atoms with Crippen LogP contribution in [0.4, 0.5) is 0 Å². The van der Waals surface area contributed by atoms with Crippen molar-refractivity contribution in [2.45, 2.75) is 51.6 Å². The molecular formula is C23H27N3O. The smallest absolute Gasteiger partial charge is 0.244 e. The van der Waals surface area contributed by atoms with Crippen LogP contribution in [-0.2, 0) is 11.3 Å². The van der Waals surface area contributed by atoms with Crippen LogP contribution in [0.25, 0.3) is 17.0 Å². The fourth-order valence-corrected chi connectivity index (χ4v) is 5.21. The molecule has 4 rings (SSSR count). The number of benzene rings is 1. The lowest BCUT2D eigenvalue weighted by molar-refractivity contribution is -0.117. The zero-order valence-corrected chi connectivity index (χ0v) is 15.9. The van der Waals surface area contributed by atoms with Gasteiger partial charge in [0.15, 0.2) is 0 Å². The summed E-state index contributed by atoms with van der Waals surface area (Å²) in [5, 5.41) is 13.2. The molecule has 4 atom stereocenters. The van der Waals surface area contributed by atoms with E-state index in [9.17, 15) is 4.79 Å². The number of hydrogen-bond acceptors (Lipinski definition) is 2. The van der Waals surface area contributed by atoms with Crippen LogP contribution in [0.2, 0.25) is 0 Å². The van der Waals surface area contributed by atoms with Gasteiger partial charge in [-0.25, -0.2) is 0 Å². The highest BCUT2D eigenvalue weighted by Crippen LogP contribution is 2.49. The Hall–Kier alpha value is -2.54. The number of aryl methyl sites for hydroxylation is 1. The van der Waals surface area contributed by atoms with Crippen LogP contribution in [0.3, 0.4) is 0 Å². The first-order valence-corrected chi connectivity index (χ1v) is 10.1. The van der Waals surface area contributed by atoms with E-state index >= 15 is 0 Å². The van der Waals surface area contributed by atoms with Crippen molar-refractivity contribution in [3.63, 3.8) is 0 Å². The van der Waals surface area contributed by atoms with E-state index in [0.29, 0.717) is 18.9 Å². The van der Waals surface area contributed by atoms with Gasteiger partial charge in [0.2, 0.25) is 5.91 Å². The van der Waals surface area contributed by atoms with Crippen LogP contribution < -0.4 is 5.32 Å². The van der Waals surface area contributed by atoms with E-state index < -0.39 is 0 Å². The number of amides is 1. The lowest BCUT2D eigenvalue weighted by Crippen LogP contribution is -2.39. The maximum atomic E-state index is 12.5. The maximum absolute atomic E-state index is 12.5. The second kappa shape index (κ2) is 7.60. The van der Waals surface area contributed by atoms with E-state index in [-0.39, 0.29) is 11.9 Å². The van der Waals surface area contributed by atoms with Crippen molar-refractivity contribution in [3.8, 4) is 6.07 Å². The molecule has 27 heavy (non-hydrogen) atoms. The molecule has 0 spiro atoms. The molecule has 4 nitrogen and oxygen atoms in total. The number of rotatable bonds is 6. The molecule has 0 aliphatic heterocycles. The average Bonchev–Trinajstić information content (AvgIpc) is 3.39. The quantitative estimate of drug-likeness (QED) is 0.770. The minimum absolute atomic E-state index is 0.0147. The number of fused-ring (bicyclic) bond motifs is 3. The molecule has 0 radical (unpaired) electrons. The molecule has 0 saturated heterocycles. The summed E-state index contributed by atoms with van der Waals surface area (Å²) in [5.41, 5.74) is 2.12. The van der Waals surface area contributed by atoms with Gasteiger partial charge in [0, 0.05) is 41.3 Å². The number of carbonyl (C=O) groups excluding carboxylic acids is 1. The fraction of sp³-hybridized carbons (Fsp3) is 0.478. The Balaban J connectivity index is 1.44. The van der Waals surface area contributed by atoms with E-state index in [2.05, 4.69) is 35.0 Å². The molecule has 2 saturated carbocycles. The Morgan fingerprint density at radius 1 is 1.37 bits per heavy atom. The van der Waals surface area contributed by atoms with Crippen LogP contribution in [0, 0.1) is 29.1 Å². The third kappa shape index (κ3) is 3.64. The average molecular weight is 361 g/mol. The van der Waals surface area contributed by atoms with E-state index in [1.165, 1.54) is 25.7 Å². The number of hydrogen-bond donors (Lipinski definition) is 1. The van der Waals surface area contributed by atoms with Crippen LogP contribution >= 0.6 is 0 Å². The van der Waals surface area contributed by atoms with Crippen molar-refractivity contribution in [3.05, 3.63) is 42.1 Å². The molecule has 1 N–H and O–H groups in total. The van der Waals surface area contributed by atoms with E-state index in [1.807, 2.05) is 24.4 Å². The summed E-state index contributed by atoms with van der Waals surface area (Å²) in [4.78, 5) is 12.5. The van der Waals surface area contributed by atoms with Gasteiger partial charge in [0.25, 0.3) is 0 Å². The SMILES string of the molecule is CC(NC(=O)C=Cc1cn(CCC#N)c2ccccc12)C1CC2CCC1C2. The number of aromatic nitrogens is 1. The van der Waals surface area contributed by atoms with E-state index in [0.717, 1.165) is 28.3 Å². The van der Waals surface area contributed by atoms with E-state index in [4.69, 9.17) is 5.26 Å². The highest BCUT2D eigenvalue weighted by molar-refractivity contribution is 5.96. The molecule has 1 aromatic heterocycles. The van der Waals surface area contributed by atoms with Crippen molar-refractivity contribution >= 4 is 22.9 Å². The van der Waals surface area contributed by atoms with E-state index in [1.54, 1.807) is 6.08 Å². The summed E-state index contributed by atoms with van der Waals surface area (Å²) in [6.07, 6.45) is 11.4. The van der Waals surface area contributed by atoms with Gasteiger partial charge in [0.1, 0.15) is 0 Å². The normalized spacial score (nSPS) is 25.1. The minimum atomic E-state index is -0.0147. The Bertz CT molecular complexity index is 904. The molecular weight excluding hydrogens is 334 g/mol. The maximum Gasteiger partial charge on any atom is 0.244 e. The van der Waals surface area contributed by atoms with Crippen molar-refractivity contribution < 1.29 is 4.79 Å². The molecule has 2 aliphatic rings. The second-order valence-electron chi connectivity index (χ2n) is 8.17. The molecule has 4 unspecified atom stereocenters. The summed E-state index contributed by atoms with van der Waals surface area (Å²) in [6, 6.07) is 10.6. The number of carbonyl (C=O) groups is 1. The van der Waals surface area contributed by atoms with Gasteiger partial charge in [-0.15, -0.1) is 0 Å². The van der Waals surface area contributed by atoms with Crippen molar-refractivity contribution in [1.82, 2.24) is 9.88 Å². The van der Waals surface area contributed by atoms with Gasteiger partial charge in [-0.3, -0.25) is 4.79 Å². The van der Waals surface area contributed by atoms with Crippen molar-refractivity contribution in [1.29, 1.82) is 5.26 Å². The highest BCUT2D eigenvalue weighted by Gasteiger charge is 2.41. The molecule has 1 aromatic carbocycles. The lowest BCUT2D eigenvalue weighted by atomic mass is 9.84. The number of nitriles is 1. The largest absolute Gasteiger partial charge is 0.350 e. The summed E-state index contributed by atoms with van der Waals surface area (Å²) >= 11 is 0. The summed E-state index contributed by atoms with van der Waals surface area (Å²) in [7, 11) is 0. The first-order valence-electron chi connectivity index (χ1n) is 10.1. The fourth-order valence-electron chi connectivity index (χ4n) is 5.21. The monoisotopic (exact) mass is 361 g/mol. The van der Waals surface area contributed by atoms with Crippen LogP contribution in [-0.4, -0.2) is 16.5 Å². The van der Waals surface area contributed by atoms with Crippen molar-refractivity contribution in [2.75, 3.05) is 0 Å². The topological polar surface area (TPSA) is 57.8 Å². The Labute approximate surface area is 160 Å². The lowest BCUT2D eigenvalue weighted by Gasteiger charge is -2.28. The van der Waals surface area contributed by atoms with Gasteiger partial charge in [0.05, 0.1) is 12.5 Å². The van der Waals surface area contributed by atoms with Crippen LogP contribution in [0.15, 0.2) is 36.5 Å². The molecule has 2 aromatic rings. The Kier molecular flexibility index (Phi) is 5.03. The number of nitrogens with one attached hydrogen (secondary N) is 1. The molecule has 2 fully saturated rings. The van der Waals surface area contributed by atoms with Gasteiger partial charge < -0.3 is 9.88 Å². The van der Waals surface area contributed by atoms with Gasteiger partial charge in [-0.1, -0.05) is 24.6 Å². The predicted molar refractivity (Wildman–Crippen MR) is 108 cm³/mol. The third-order valence-electron chi connectivity index (χ3n) is 6.50. The first-order chi connectivity index (χ1) is 13.2. The standard InChI is InChI=1S/C23H27N3O/c1-16(21-14-17-7-8-18(21)13-17)25-23(27)10-9-19-15-26(12-4-11-24)22-6-3-2-5-20(19)22/h2-3,5-6,9-10,15-18,21H,4,7-8,12-14H2,1H3,(H,25,27). The number of nitrogens with zero attached hydrogens (tertiary/aromatic N) is 2. The molecule has 4 heteroatoms. The van der Waals surface area contributed by atoms with Gasteiger partial charge in [-0.05, 0) is 56.1 Å². The van der Waals surface area contributed by atoms with Crippen molar-refractivity contribution in [2.24, 2.45) is 17.8 Å². The minimum Gasteiger partial charge on any atom is -0.350 e. The molecule has 140 valence electrons. The predicted octanol–water partition coefficient (Wildman–Crippen LogP) is 4.51. The van der Waals surface area contributed by atoms with Crippen LogP contribution in [0.1, 0.15) is 44.6 Å². The highest BCUT2D eigenvalue weighted by atomic mass is 16.1. The molecule has 2 aliphatic carbocycles. The zero-order chi connectivity index (χ0) is 18.8. The zero-order valence-electron chi connectivity index (χ0n) is 15.9. The Morgan fingerprint density at radius 3 is 2.96 bits per heavy atom. The molecule has 2 bridgehead atoms. The summed E-state index contributed by atoms with van der Waals surface area (Å²) in [6.45, 7) is 2.82. The van der Waals surface area contributed by atoms with Gasteiger partial charge >= 0.3 is 0 Å². The summed E-state index contributed by atoms with van der Waals surface area (Å²) in [5.74, 6) is 2.34. The third-order valence-corrected chi connectivity index (χ3v) is 6.50. The van der Waals surface area contributed by atoms with Crippen LogP contribution in [0.5, 0.6) is 0 Å². The molecule has 1 amide bonds. The Morgan fingerprint density at radius 2 is 2.22 bits per heavy atom.